The lowest BCUT2D eigenvalue weighted by molar-refractivity contribution is 0.420. The first-order valence-electron chi connectivity index (χ1n) is 6.08. The number of imidazole rings is 2. The third kappa shape index (κ3) is 2.41. The van der Waals surface area contributed by atoms with Crippen LogP contribution in [0.4, 0.5) is 0 Å². The van der Waals surface area contributed by atoms with Crippen LogP contribution in [-0.2, 0) is 23.0 Å². The lowest BCUT2D eigenvalue weighted by atomic mass is 10.1. The fourth-order valence-electron chi connectivity index (χ4n) is 2.36. The molecule has 0 aromatic carbocycles. The lowest BCUT2D eigenvalue weighted by Crippen LogP contribution is -2.40. The quantitative estimate of drug-likeness (QED) is 0.841. The Bertz CT molecular complexity index is 674. The molecule has 2 aromatic heterocycles. The van der Waals surface area contributed by atoms with Gasteiger partial charge in [0.25, 0.3) is 10.0 Å². The number of aromatic nitrogens is 4. The van der Waals surface area contributed by atoms with Gasteiger partial charge in [0.05, 0.1) is 18.2 Å². The average molecular weight is 281 g/mol. The smallest absolute Gasteiger partial charge is 0.257 e. The number of nitrogens with one attached hydrogen (secondary N) is 2. The SMILES string of the molecule is Cc1cn2c(n1)CC[C@H](NS(=O)(=O)c1cnc[nH]1)C2. The highest BCUT2D eigenvalue weighted by Crippen LogP contribution is 2.16. The summed E-state index contributed by atoms with van der Waals surface area (Å²) in [6, 6.07) is -0.116. The van der Waals surface area contributed by atoms with Crippen LogP contribution in [0.3, 0.4) is 0 Å². The Morgan fingerprint density at radius 3 is 3.11 bits per heavy atom. The van der Waals surface area contributed by atoms with Crippen LogP contribution in [0, 0.1) is 6.92 Å². The molecule has 1 atom stereocenters. The van der Waals surface area contributed by atoms with Crippen molar-refractivity contribution >= 4 is 10.0 Å². The van der Waals surface area contributed by atoms with Gasteiger partial charge in [-0.25, -0.2) is 23.1 Å². The minimum atomic E-state index is -3.51. The highest BCUT2D eigenvalue weighted by atomic mass is 32.2. The van der Waals surface area contributed by atoms with Gasteiger partial charge in [-0.05, 0) is 13.3 Å². The van der Waals surface area contributed by atoms with E-state index in [2.05, 4.69) is 19.7 Å². The number of nitrogens with zero attached hydrogens (tertiary/aromatic N) is 3. The van der Waals surface area contributed by atoms with Crippen molar-refractivity contribution in [2.45, 2.75) is 37.4 Å². The van der Waals surface area contributed by atoms with E-state index in [-0.39, 0.29) is 11.1 Å². The summed E-state index contributed by atoms with van der Waals surface area (Å²) in [6.07, 6.45) is 6.14. The predicted octanol–water partition coefficient (Wildman–Crippen LogP) is 0.208. The molecule has 0 saturated heterocycles. The van der Waals surface area contributed by atoms with Gasteiger partial charge in [0.15, 0.2) is 5.03 Å². The molecule has 0 saturated carbocycles. The zero-order valence-corrected chi connectivity index (χ0v) is 11.3. The number of rotatable bonds is 3. The van der Waals surface area contributed by atoms with E-state index in [0.717, 1.165) is 24.4 Å². The average Bonchev–Trinajstić information content (AvgIpc) is 2.95. The molecule has 0 amide bonds. The summed E-state index contributed by atoms with van der Waals surface area (Å²) in [7, 11) is -3.51. The van der Waals surface area contributed by atoms with Crippen LogP contribution in [-0.4, -0.2) is 34.0 Å². The second-order valence-corrected chi connectivity index (χ2v) is 6.41. The molecular formula is C11H15N5O2S. The first-order chi connectivity index (χ1) is 9.04. The molecule has 0 fully saturated rings. The molecule has 0 bridgehead atoms. The Morgan fingerprint density at radius 2 is 2.37 bits per heavy atom. The molecular weight excluding hydrogens is 266 g/mol. The van der Waals surface area contributed by atoms with Gasteiger partial charge in [0, 0.05) is 25.2 Å². The standard InChI is InChI=1S/C11H15N5O2S/c1-8-5-16-6-9(2-3-10(16)14-8)15-19(17,18)11-4-12-7-13-11/h4-5,7,9,15H,2-3,6H2,1H3,(H,12,13)/t9-/m0/s1. The van der Waals surface area contributed by atoms with Crippen LogP contribution in [0.25, 0.3) is 0 Å². The zero-order chi connectivity index (χ0) is 13.5. The molecule has 0 radical (unpaired) electrons. The number of aromatic amines is 1. The molecule has 1 aliphatic heterocycles. The molecule has 102 valence electrons. The number of sulfonamides is 1. The summed E-state index contributed by atoms with van der Waals surface area (Å²) in [5, 5.41) is 0.0973. The van der Waals surface area contributed by atoms with Gasteiger partial charge in [-0.2, -0.15) is 0 Å². The first-order valence-corrected chi connectivity index (χ1v) is 7.56. The number of H-pyrrole nitrogens is 1. The second kappa shape index (κ2) is 4.46. The van der Waals surface area contributed by atoms with E-state index in [0.29, 0.717) is 6.54 Å². The largest absolute Gasteiger partial charge is 0.335 e. The van der Waals surface area contributed by atoms with Gasteiger partial charge in [-0.15, -0.1) is 0 Å². The molecule has 1 aliphatic rings. The second-order valence-electron chi connectivity index (χ2n) is 4.72. The van der Waals surface area contributed by atoms with Crippen LogP contribution < -0.4 is 4.72 Å². The van der Waals surface area contributed by atoms with E-state index in [4.69, 9.17) is 0 Å². The van der Waals surface area contributed by atoms with E-state index in [1.807, 2.05) is 17.7 Å². The molecule has 0 aliphatic carbocycles. The highest BCUT2D eigenvalue weighted by molar-refractivity contribution is 7.89. The van der Waals surface area contributed by atoms with Crippen LogP contribution in [0.5, 0.6) is 0 Å². The van der Waals surface area contributed by atoms with Crippen molar-refractivity contribution in [3.63, 3.8) is 0 Å². The van der Waals surface area contributed by atoms with Gasteiger partial charge < -0.3 is 9.55 Å². The van der Waals surface area contributed by atoms with E-state index >= 15 is 0 Å². The number of hydrogen-bond donors (Lipinski definition) is 2. The summed E-state index contributed by atoms with van der Waals surface area (Å²) in [4.78, 5) is 10.7. The lowest BCUT2D eigenvalue weighted by Gasteiger charge is -2.24. The van der Waals surface area contributed by atoms with E-state index in [9.17, 15) is 8.42 Å². The number of fused-ring (bicyclic) bond motifs is 1. The topological polar surface area (TPSA) is 92.7 Å². The number of hydrogen-bond acceptors (Lipinski definition) is 4. The maximum absolute atomic E-state index is 12.1. The molecule has 2 N–H and O–H groups in total. The van der Waals surface area contributed by atoms with Crippen molar-refractivity contribution in [3.8, 4) is 0 Å². The third-order valence-electron chi connectivity index (χ3n) is 3.20. The fourth-order valence-corrected chi connectivity index (χ4v) is 3.52. The monoisotopic (exact) mass is 281 g/mol. The van der Waals surface area contributed by atoms with Crippen LogP contribution in [0.2, 0.25) is 0 Å². The van der Waals surface area contributed by atoms with Gasteiger partial charge in [0.2, 0.25) is 0 Å². The minimum Gasteiger partial charge on any atom is -0.335 e. The van der Waals surface area contributed by atoms with Crippen LogP contribution in [0.1, 0.15) is 17.9 Å². The van der Waals surface area contributed by atoms with Crippen molar-refractivity contribution in [1.29, 1.82) is 0 Å². The normalized spacial score (nSPS) is 19.3. The Labute approximate surface area is 111 Å². The molecule has 3 heterocycles. The van der Waals surface area contributed by atoms with Crippen molar-refractivity contribution < 1.29 is 8.42 Å². The predicted molar refractivity (Wildman–Crippen MR) is 68.0 cm³/mol. The van der Waals surface area contributed by atoms with Gasteiger partial charge in [0.1, 0.15) is 5.82 Å². The van der Waals surface area contributed by atoms with E-state index < -0.39 is 10.0 Å². The molecule has 7 nitrogen and oxygen atoms in total. The summed E-state index contributed by atoms with van der Waals surface area (Å²) < 4.78 is 28.9. The van der Waals surface area contributed by atoms with Crippen molar-refractivity contribution in [2.75, 3.05) is 0 Å². The van der Waals surface area contributed by atoms with E-state index in [1.165, 1.54) is 12.5 Å². The molecule has 8 heteroatoms. The molecule has 19 heavy (non-hydrogen) atoms. The maximum Gasteiger partial charge on any atom is 0.257 e. The van der Waals surface area contributed by atoms with Crippen LogP contribution >= 0.6 is 0 Å². The highest BCUT2D eigenvalue weighted by Gasteiger charge is 2.25. The Morgan fingerprint density at radius 1 is 1.53 bits per heavy atom. The van der Waals surface area contributed by atoms with Crippen molar-refractivity contribution in [3.05, 3.63) is 30.2 Å². The zero-order valence-electron chi connectivity index (χ0n) is 10.5. The summed E-state index contributed by atoms with van der Waals surface area (Å²) in [5.41, 5.74) is 0.965. The molecule has 3 rings (SSSR count). The summed E-state index contributed by atoms with van der Waals surface area (Å²) >= 11 is 0. The number of aryl methyl sites for hydroxylation is 2. The fraction of sp³-hybridized carbons (Fsp3) is 0.455. The van der Waals surface area contributed by atoms with Crippen molar-refractivity contribution in [2.24, 2.45) is 0 Å². The first kappa shape index (κ1) is 12.4. The molecule has 0 spiro atoms. The Balaban J connectivity index is 1.76. The maximum atomic E-state index is 12.1. The van der Waals surface area contributed by atoms with Crippen molar-refractivity contribution in [1.82, 2.24) is 24.2 Å². The third-order valence-corrected chi connectivity index (χ3v) is 4.64. The minimum absolute atomic E-state index is 0.0973. The van der Waals surface area contributed by atoms with Crippen LogP contribution in [0.15, 0.2) is 23.7 Å². The molecule has 2 aromatic rings. The van der Waals surface area contributed by atoms with Gasteiger partial charge in [-0.1, -0.05) is 0 Å². The van der Waals surface area contributed by atoms with Gasteiger partial charge >= 0.3 is 0 Å². The molecule has 0 unspecified atom stereocenters. The van der Waals surface area contributed by atoms with Gasteiger partial charge in [-0.3, -0.25) is 0 Å². The van der Waals surface area contributed by atoms with E-state index in [1.54, 1.807) is 0 Å². The summed E-state index contributed by atoms with van der Waals surface area (Å²) in [5.74, 6) is 1.02. The summed E-state index contributed by atoms with van der Waals surface area (Å²) in [6.45, 7) is 2.55. The Kier molecular flexibility index (Phi) is 2.90. The Hall–Kier alpha value is -1.67.